The number of hydrogen-bond acceptors (Lipinski definition) is 15. The van der Waals surface area contributed by atoms with Gasteiger partial charge < -0.3 is 50.3 Å². The molecule has 26 heteroatoms. The molecule has 5 heterocycles. The maximum absolute atomic E-state index is 13.8. The van der Waals surface area contributed by atoms with Crippen LogP contribution in [0.5, 0.6) is 57.5 Å². The molecule has 0 radical (unpaired) electrons. The third-order valence-corrected chi connectivity index (χ3v) is 17.7. The lowest BCUT2D eigenvalue weighted by molar-refractivity contribution is 0.101. The molecular weight excluding hydrogens is 1650 g/mol. The number of nitrogens with one attached hydrogen (secondary N) is 5. The normalized spacial score (nSPS) is 10.2. The molecule has 0 bridgehead atoms. The van der Waals surface area contributed by atoms with Crippen molar-refractivity contribution in [3.05, 3.63) is 416 Å². The van der Waals surface area contributed by atoms with Crippen molar-refractivity contribution in [3.63, 3.8) is 0 Å². The number of carbonyl (C=O) groups excluding carboxylic acids is 5. The van der Waals surface area contributed by atoms with Crippen molar-refractivity contribution in [2.45, 2.75) is 63.3 Å². The van der Waals surface area contributed by atoms with E-state index in [1.165, 1.54) is 48.8 Å². The zero-order valence-corrected chi connectivity index (χ0v) is 69.4. The highest BCUT2D eigenvalue weighted by Gasteiger charge is 2.16. The number of halogens is 6. The molecule has 0 spiro atoms. The van der Waals surface area contributed by atoms with Crippen molar-refractivity contribution in [1.82, 2.24) is 24.9 Å². The number of amides is 5. The van der Waals surface area contributed by atoms with Gasteiger partial charge in [0.25, 0.3) is 29.5 Å². The van der Waals surface area contributed by atoms with E-state index in [9.17, 15) is 37.1 Å². The smallest absolute Gasteiger partial charge is 0.255 e. The SMILES string of the molecule is C.C.Cc1cc(C(=O)Nc2cccc(Oc3cccnc3)c2)ccc1F.Cc1cccc(C(=O)Nc2cc(Cl)cc(Oc3ccc(C)nc3)c2)c1.Cc1cccc(C(=O)Nc2cc(Cl)cc(Oc3ccc(C)nc3)c2)c1.Cc1cccc(C(=O)Nc2cc(Cl)cc(Oc3cncc(F)c3)c2)c1.Cc1cccc(C(=O)Nc2cc(F)cc(Oc3cccnc3)c2)c1. The first kappa shape index (κ1) is 93.8. The molecule has 0 aliphatic carbocycles. The molecule has 125 heavy (non-hydrogen) atoms. The Morgan fingerprint density at radius 1 is 0.272 bits per heavy atom. The van der Waals surface area contributed by atoms with Gasteiger partial charge in [-0.2, -0.15) is 0 Å². The predicted molar refractivity (Wildman–Crippen MR) is 487 cm³/mol. The third-order valence-electron chi connectivity index (χ3n) is 17.0. The fourth-order valence-electron chi connectivity index (χ4n) is 11.3. The Kier molecular flexibility index (Phi) is 34.6. The molecule has 0 aliphatic rings. The van der Waals surface area contributed by atoms with Gasteiger partial charge in [-0.05, 0) is 224 Å². The molecule has 15 rings (SSSR count). The van der Waals surface area contributed by atoms with Crippen LogP contribution < -0.4 is 50.3 Å². The summed E-state index contributed by atoms with van der Waals surface area (Å²) in [7, 11) is 0. The average Bonchev–Trinajstić information content (AvgIpc) is 0.856. The number of pyridine rings is 5. The summed E-state index contributed by atoms with van der Waals surface area (Å²) in [5.41, 5.74) is 11.4. The van der Waals surface area contributed by atoms with Crippen LogP contribution in [0.15, 0.2) is 316 Å². The molecule has 0 saturated heterocycles. The number of nitrogens with zero attached hydrogens (tertiary/aromatic N) is 5. The van der Waals surface area contributed by atoms with Gasteiger partial charge in [-0.25, -0.2) is 13.2 Å². The second kappa shape index (κ2) is 46.1. The first-order valence-electron chi connectivity index (χ1n) is 37.8. The summed E-state index contributed by atoms with van der Waals surface area (Å²) in [4.78, 5) is 81.6. The summed E-state index contributed by atoms with van der Waals surface area (Å²) < 4.78 is 68.6. The first-order chi connectivity index (χ1) is 59.2. The molecule has 5 aromatic heterocycles. The minimum absolute atomic E-state index is 0. The van der Waals surface area contributed by atoms with Crippen molar-refractivity contribution >= 4 is 92.8 Å². The summed E-state index contributed by atoms with van der Waals surface area (Å²) in [6.45, 7) is 13.1. The molecular formula is C99H86Cl3F3N10O10. The van der Waals surface area contributed by atoms with Crippen LogP contribution in [0.3, 0.4) is 0 Å². The zero-order chi connectivity index (χ0) is 87.3. The number of carbonyl (C=O) groups is 5. The molecule has 0 saturated carbocycles. The van der Waals surface area contributed by atoms with Crippen LogP contribution >= 0.6 is 34.8 Å². The van der Waals surface area contributed by atoms with Gasteiger partial charge in [0.05, 0.1) is 37.2 Å². The van der Waals surface area contributed by atoms with Gasteiger partial charge in [0, 0.05) is 138 Å². The zero-order valence-electron chi connectivity index (χ0n) is 67.1. The van der Waals surface area contributed by atoms with Crippen molar-refractivity contribution in [3.8, 4) is 57.5 Å². The molecule has 5 N–H and O–H groups in total. The fraction of sp³-hybridized carbons (Fsp3) is 0.0909. The highest BCUT2D eigenvalue weighted by atomic mass is 35.5. The Labute approximate surface area is 737 Å². The van der Waals surface area contributed by atoms with E-state index in [1.54, 1.807) is 190 Å². The van der Waals surface area contributed by atoms with E-state index in [2.05, 4.69) is 51.5 Å². The van der Waals surface area contributed by atoms with Gasteiger partial charge in [-0.15, -0.1) is 0 Å². The maximum Gasteiger partial charge on any atom is 0.255 e. The predicted octanol–water partition coefficient (Wildman–Crippen LogP) is 26.4. The monoisotopic (exact) mass is 1740 g/mol. The highest BCUT2D eigenvalue weighted by molar-refractivity contribution is 6.32. The minimum atomic E-state index is -0.507. The Hall–Kier alpha value is -15.0. The number of rotatable bonds is 20. The average molecular weight is 1740 g/mol. The van der Waals surface area contributed by atoms with E-state index in [-0.39, 0.29) is 61.7 Å². The lowest BCUT2D eigenvalue weighted by Gasteiger charge is -2.10. The van der Waals surface area contributed by atoms with Crippen LogP contribution in [0.1, 0.15) is 106 Å². The lowest BCUT2D eigenvalue weighted by atomic mass is 10.1. The second-order valence-corrected chi connectivity index (χ2v) is 28.7. The van der Waals surface area contributed by atoms with Crippen molar-refractivity contribution < 1.29 is 60.8 Å². The van der Waals surface area contributed by atoms with E-state index in [1.807, 2.05) is 120 Å². The van der Waals surface area contributed by atoms with Gasteiger partial charge in [0.2, 0.25) is 0 Å². The molecule has 15 aromatic rings. The van der Waals surface area contributed by atoms with Crippen LogP contribution in [-0.4, -0.2) is 54.5 Å². The number of ether oxygens (including phenoxy) is 5. The quantitative estimate of drug-likeness (QED) is 0.0475. The van der Waals surface area contributed by atoms with E-state index in [0.717, 1.165) is 39.8 Å². The third kappa shape index (κ3) is 30.6. The first-order valence-corrected chi connectivity index (χ1v) is 38.9. The molecule has 5 amide bonds. The Morgan fingerprint density at radius 3 is 0.968 bits per heavy atom. The van der Waals surface area contributed by atoms with Crippen molar-refractivity contribution in [2.24, 2.45) is 0 Å². The molecule has 0 unspecified atom stereocenters. The summed E-state index contributed by atoms with van der Waals surface area (Å²) in [5, 5.41) is 15.2. The van der Waals surface area contributed by atoms with E-state index >= 15 is 0 Å². The molecule has 20 nitrogen and oxygen atoms in total. The van der Waals surface area contributed by atoms with Gasteiger partial charge >= 0.3 is 0 Å². The Bertz CT molecular complexity index is 6070. The van der Waals surface area contributed by atoms with Crippen molar-refractivity contribution in [1.29, 1.82) is 0 Å². The molecule has 0 fully saturated rings. The summed E-state index contributed by atoms with van der Waals surface area (Å²) in [6, 6.07) is 75.0. The summed E-state index contributed by atoms with van der Waals surface area (Å²) >= 11 is 18.4. The van der Waals surface area contributed by atoms with E-state index < -0.39 is 11.6 Å². The van der Waals surface area contributed by atoms with Gasteiger partial charge in [-0.3, -0.25) is 48.9 Å². The largest absolute Gasteiger partial charge is 0.456 e. The van der Waals surface area contributed by atoms with Gasteiger partial charge in [0.15, 0.2) is 0 Å². The van der Waals surface area contributed by atoms with Crippen LogP contribution in [-0.2, 0) is 0 Å². The number of aromatic nitrogens is 5. The standard InChI is InChI=1S/2C20H17ClN2O2.C19H14ClFN2O2.2C19H15FN2O2.2CH4/c2*1-13-4-3-5-15(8-13)20(24)23-17-9-16(21)10-19(11-17)25-18-7-6-14(2)22-12-18;1-12-3-2-4-13(5-12)19(24)23-16-6-14(20)7-17(9-16)25-18-8-15(21)10-22-11-18;1-13-10-14(7-8-18(13)20)19(23)22-15-4-2-5-16(11-15)24-17-6-3-9-21-12-17;1-13-4-2-5-14(8-13)19(23)22-16-9-15(20)10-18(11-16)24-17-6-3-7-21-12-17;;/h2*3-12H,1-2H3,(H,23,24);2-11H,1H3,(H,23,24);2*2-12H,1H3,(H,22,23);2*1H4. The lowest BCUT2D eigenvalue weighted by Crippen LogP contribution is -2.12. The minimum Gasteiger partial charge on any atom is -0.456 e. The van der Waals surface area contributed by atoms with Crippen molar-refractivity contribution in [2.75, 3.05) is 26.6 Å². The van der Waals surface area contributed by atoms with Crippen LogP contribution in [0.25, 0.3) is 0 Å². The van der Waals surface area contributed by atoms with Crippen LogP contribution in [0, 0.1) is 65.9 Å². The van der Waals surface area contributed by atoms with E-state index in [0.29, 0.717) is 123 Å². The molecule has 0 atom stereocenters. The fourth-order valence-corrected chi connectivity index (χ4v) is 12.0. The topological polar surface area (TPSA) is 256 Å². The number of aryl methyl sites for hydroxylation is 7. The van der Waals surface area contributed by atoms with Crippen LogP contribution in [0.2, 0.25) is 15.1 Å². The van der Waals surface area contributed by atoms with Gasteiger partial charge in [-0.1, -0.05) is 127 Å². The number of anilines is 5. The molecule has 0 aliphatic heterocycles. The highest BCUT2D eigenvalue weighted by Crippen LogP contribution is 2.34. The second-order valence-electron chi connectivity index (χ2n) is 27.4. The Morgan fingerprint density at radius 2 is 0.600 bits per heavy atom. The molecule has 634 valence electrons. The van der Waals surface area contributed by atoms with Gasteiger partial charge in [0.1, 0.15) is 74.9 Å². The summed E-state index contributed by atoms with van der Waals surface area (Å²) in [6.07, 6.45) is 12.2. The number of hydrogen-bond donors (Lipinski definition) is 5. The summed E-state index contributed by atoms with van der Waals surface area (Å²) in [5.74, 6) is 2.18. The molecule has 10 aromatic carbocycles. The van der Waals surface area contributed by atoms with E-state index in [4.69, 9.17) is 58.5 Å². The maximum atomic E-state index is 13.8. The Balaban J connectivity index is 0.000000176. The van der Waals surface area contributed by atoms with Crippen LogP contribution in [0.4, 0.5) is 41.6 Å². The number of benzene rings is 10.